The van der Waals surface area contributed by atoms with Crippen LogP contribution < -0.4 is 10.1 Å². The summed E-state index contributed by atoms with van der Waals surface area (Å²) < 4.78 is 5.81. The van der Waals surface area contributed by atoms with Crippen LogP contribution in [0.15, 0.2) is 6.20 Å². The highest BCUT2D eigenvalue weighted by molar-refractivity contribution is 5.18. The van der Waals surface area contributed by atoms with E-state index >= 15 is 0 Å². The first kappa shape index (κ1) is 14.7. The van der Waals surface area contributed by atoms with Crippen molar-refractivity contribution in [2.45, 2.75) is 57.7 Å². The van der Waals surface area contributed by atoms with Crippen LogP contribution in [0.2, 0.25) is 0 Å². The highest BCUT2D eigenvalue weighted by Gasteiger charge is 2.21. The molecule has 5 heteroatoms. The van der Waals surface area contributed by atoms with E-state index in [1.54, 1.807) is 0 Å². The minimum atomic E-state index is 0.499. The maximum atomic E-state index is 5.81. The molecule has 2 aliphatic rings. The Balaban J connectivity index is 1.51. The molecule has 5 nitrogen and oxygen atoms in total. The van der Waals surface area contributed by atoms with Crippen molar-refractivity contribution < 1.29 is 4.74 Å². The van der Waals surface area contributed by atoms with Gasteiger partial charge in [-0.15, -0.1) is 0 Å². The van der Waals surface area contributed by atoms with Gasteiger partial charge in [0.15, 0.2) is 0 Å². The van der Waals surface area contributed by atoms with Crippen molar-refractivity contribution in [1.82, 2.24) is 20.2 Å². The number of hydrogen-bond acceptors (Lipinski definition) is 5. The average Bonchev–Trinajstić information content (AvgIpc) is 3.30. The molecule has 1 aromatic heterocycles. The van der Waals surface area contributed by atoms with Gasteiger partial charge in [-0.25, -0.2) is 9.97 Å². The predicted molar refractivity (Wildman–Crippen MR) is 82.4 cm³/mol. The van der Waals surface area contributed by atoms with Crippen molar-refractivity contribution in [3.8, 4) is 6.01 Å². The summed E-state index contributed by atoms with van der Waals surface area (Å²) in [6, 6.07) is 1.72. The lowest BCUT2D eigenvalue weighted by Crippen LogP contribution is -2.40. The number of rotatable bonds is 6. The van der Waals surface area contributed by atoms with Gasteiger partial charge in [-0.3, -0.25) is 0 Å². The molecule has 0 spiro atoms. The Hall–Kier alpha value is -1.20. The van der Waals surface area contributed by atoms with Gasteiger partial charge in [0.2, 0.25) is 0 Å². The Morgan fingerprint density at radius 3 is 2.90 bits per heavy atom. The lowest BCUT2D eigenvalue weighted by Gasteiger charge is -2.31. The first-order valence-corrected chi connectivity index (χ1v) is 8.11. The number of hydrogen-bond donors (Lipinski definition) is 1. The van der Waals surface area contributed by atoms with Gasteiger partial charge in [0, 0.05) is 36.1 Å². The third-order valence-corrected chi connectivity index (χ3v) is 4.54. The van der Waals surface area contributed by atoms with Crippen LogP contribution in [0.5, 0.6) is 6.01 Å². The van der Waals surface area contributed by atoms with E-state index in [-0.39, 0.29) is 0 Å². The second-order valence-corrected chi connectivity index (χ2v) is 6.36. The SMILES string of the molecule is Cc1nc(OCC2CCCCN2C)ncc1CNC1CC1. The quantitative estimate of drug-likeness (QED) is 0.867. The molecule has 0 bridgehead atoms. The fourth-order valence-corrected chi connectivity index (χ4v) is 2.78. The third kappa shape index (κ3) is 4.14. The molecule has 1 aromatic rings. The fraction of sp³-hybridized carbons (Fsp3) is 0.750. The van der Waals surface area contributed by atoms with Gasteiger partial charge in [0.1, 0.15) is 6.61 Å². The number of likely N-dealkylation sites (tertiary alicyclic amines) is 1. The molecule has 0 amide bonds. The Labute approximate surface area is 127 Å². The molecule has 2 fully saturated rings. The lowest BCUT2D eigenvalue weighted by atomic mass is 10.0. The van der Waals surface area contributed by atoms with E-state index in [9.17, 15) is 0 Å². The maximum Gasteiger partial charge on any atom is 0.316 e. The molecule has 1 N–H and O–H groups in total. The van der Waals surface area contributed by atoms with Crippen LogP contribution in [0, 0.1) is 6.92 Å². The van der Waals surface area contributed by atoms with Crippen LogP contribution in [-0.2, 0) is 6.54 Å². The summed E-state index contributed by atoms with van der Waals surface area (Å²) in [5.74, 6) is 0. The van der Waals surface area contributed by atoms with Crippen LogP contribution in [0.4, 0.5) is 0 Å². The molecule has 0 radical (unpaired) electrons. The van der Waals surface area contributed by atoms with Gasteiger partial charge in [-0.2, -0.15) is 0 Å². The molecular weight excluding hydrogens is 264 g/mol. The minimum absolute atomic E-state index is 0.499. The minimum Gasteiger partial charge on any atom is -0.462 e. The van der Waals surface area contributed by atoms with Gasteiger partial charge in [-0.1, -0.05) is 6.42 Å². The zero-order chi connectivity index (χ0) is 14.7. The Morgan fingerprint density at radius 2 is 2.19 bits per heavy atom. The van der Waals surface area contributed by atoms with E-state index < -0.39 is 0 Å². The molecule has 3 rings (SSSR count). The zero-order valence-electron chi connectivity index (χ0n) is 13.1. The van der Waals surface area contributed by atoms with E-state index in [1.807, 2.05) is 13.1 Å². The smallest absolute Gasteiger partial charge is 0.316 e. The van der Waals surface area contributed by atoms with Crippen molar-refractivity contribution in [2.24, 2.45) is 0 Å². The summed E-state index contributed by atoms with van der Waals surface area (Å²) in [6.45, 7) is 4.75. The molecule has 1 saturated heterocycles. The molecule has 1 aliphatic heterocycles. The monoisotopic (exact) mass is 290 g/mol. The number of aryl methyl sites for hydroxylation is 1. The second-order valence-electron chi connectivity index (χ2n) is 6.36. The first-order chi connectivity index (χ1) is 10.2. The first-order valence-electron chi connectivity index (χ1n) is 8.11. The number of piperidine rings is 1. The topological polar surface area (TPSA) is 50.3 Å². The Bertz CT molecular complexity index is 475. The molecule has 0 aromatic carbocycles. The Kier molecular flexibility index (Phi) is 4.70. The van der Waals surface area contributed by atoms with E-state index in [0.717, 1.165) is 12.2 Å². The van der Waals surface area contributed by atoms with E-state index in [2.05, 4.69) is 27.2 Å². The summed E-state index contributed by atoms with van der Waals surface area (Å²) >= 11 is 0. The largest absolute Gasteiger partial charge is 0.462 e. The fourth-order valence-electron chi connectivity index (χ4n) is 2.78. The summed E-state index contributed by atoms with van der Waals surface area (Å²) in [7, 11) is 2.17. The molecule has 21 heavy (non-hydrogen) atoms. The second kappa shape index (κ2) is 6.71. The van der Waals surface area contributed by atoms with Crippen molar-refractivity contribution in [1.29, 1.82) is 0 Å². The van der Waals surface area contributed by atoms with E-state index in [0.29, 0.717) is 24.7 Å². The summed E-state index contributed by atoms with van der Waals surface area (Å²) in [4.78, 5) is 11.2. The van der Waals surface area contributed by atoms with Crippen molar-refractivity contribution in [3.05, 3.63) is 17.5 Å². The lowest BCUT2D eigenvalue weighted by molar-refractivity contribution is 0.119. The van der Waals surface area contributed by atoms with Crippen LogP contribution in [0.25, 0.3) is 0 Å². The van der Waals surface area contributed by atoms with Crippen LogP contribution in [0.3, 0.4) is 0 Å². The standard InChI is InChI=1S/C16H26N4O/c1-12-13(9-17-14-6-7-14)10-18-16(19-12)21-11-15-5-3-4-8-20(15)2/h10,14-15,17H,3-9,11H2,1-2H3. The van der Waals surface area contributed by atoms with E-state index in [4.69, 9.17) is 4.74 Å². The summed E-state index contributed by atoms with van der Waals surface area (Å²) in [5, 5.41) is 3.50. The maximum absolute atomic E-state index is 5.81. The predicted octanol–water partition coefficient (Wildman–Crippen LogP) is 1.90. The van der Waals surface area contributed by atoms with Crippen molar-refractivity contribution in [2.75, 3.05) is 20.2 Å². The normalized spacial score (nSPS) is 23.2. The number of likely N-dealkylation sites (N-methyl/N-ethyl adjacent to an activating group) is 1. The molecule has 1 saturated carbocycles. The number of ether oxygens (including phenoxy) is 1. The Morgan fingerprint density at radius 1 is 1.33 bits per heavy atom. The van der Waals surface area contributed by atoms with Crippen molar-refractivity contribution in [3.63, 3.8) is 0 Å². The molecule has 1 unspecified atom stereocenters. The number of nitrogens with one attached hydrogen (secondary N) is 1. The van der Waals surface area contributed by atoms with Gasteiger partial charge in [0.05, 0.1) is 0 Å². The molecule has 116 valence electrons. The average molecular weight is 290 g/mol. The van der Waals surface area contributed by atoms with Gasteiger partial charge in [-0.05, 0) is 46.2 Å². The highest BCUT2D eigenvalue weighted by atomic mass is 16.5. The molecule has 1 aliphatic carbocycles. The van der Waals surface area contributed by atoms with Crippen LogP contribution in [0.1, 0.15) is 43.4 Å². The zero-order valence-corrected chi connectivity index (χ0v) is 13.1. The summed E-state index contributed by atoms with van der Waals surface area (Å²) in [6.07, 6.45) is 8.30. The van der Waals surface area contributed by atoms with Gasteiger partial charge in [0.25, 0.3) is 0 Å². The van der Waals surface area contributed by atoms with E-state index in [1.165, 1.54) is 44.2 Å². The number of nitrogens with zero attached hydrogens (tertiary/aromatic N) is 3. The molecular formula is C16H26N4O. The van der Waals surface area contributed by atoms with Crippen LogP contribution >= 0.6 is 0 Å². The molecule has 1 atom stereocenters. The van der Waals surface area contributed by atoms with Crippen LogP contribution in [-0.4, -0.2) is 47.2 Å². The third-order valence-electron chi connectivity index (χ3n) is 4.54. The van der Waals surface area contributed by atoms with Gasteiger partial charge < -0.3 is 15.0 Å². The highest BCUT2D eigenvalue weighted by Crippen LogP contribution is 2.20. The summed E-state index contributed by atoms with van der Waals surface area (Å²) in [5.41, 5.74) is 2.19. The van der Waals surface area contributed by atoms with Gasteiger partial charge >= 0.3 is 6.01 Å². The van der Waals surface area contributed by atoms with Crippen molar-refractivity contribution >= 4 is 0 Å². The number of aromatic nitrogens is 2. The molecule has 2 heterocycles.